The molecule has 0 amide bonds. The SMILES string of the molecule is c1ccc(C2=NC(c3cc(-n4c5ccccc5c5c(-c6cccc7oc8ccccc8c67)cccc54)c4ccccc4c3)=NC(c3ccc4ccccc4c3)N2)cc1. The van der Waals surface area contributed by atoms with Crippen molar-refractivity contribution in [3.8, 4) is 16.8 Å². The second-order valence-electron chi connectivity index (χ2n) is 15.0. The maximum absolute atomic E-state index is 6.37. The van der Waals surface area contributed by atoms with Crippen LogP contribution in [0.4, 0.5) is 0 Å². The van der Waals surface area contributed by atoms with Crippen LogP contribution in [-0.4, -0.2) is 16.2 Å². The molecule has 5 nitrogen and oxygen atoms in total. The first kappa shape index (κ1) is 32.5. The zero-order valence-electron chi connectivity index (χ0n) is 31.3. The van der Waals surface area contributed by atoms with Crippen LogP contribution in [-0.2, 0) is 0 Å². The predicted molar refractivity (Wildman–Crippen MR) is 240 cm³/mol. The highest BCUT2D eigenvalue weighted by Gasteiger charge is 2.24. The van der Waals surface area contributed by atoms with Crippen LogP contribution in [0.5, 0.6) is 0 Å². The number of hydrogen-bond acceptors (Lipinski definition) is 4. The highest BCUT2D eigenvalue weighted by atomic mass is 16.3. The minimum absolute atomic E-state index is 0.334. The van der Waals surface area contributed by atoms with E-state index in [9.17, 15) is 0 Å². The van der Waals surface area contributed by atoms with Crippen molar-refractivity contribution < 1.29 is 4.42 Å². The Balaban J connectivity index is 1.10. The molecule has 12 rings (SSSR count). The second-order valence-corrected chi connectivity index (χ2v) is 15.0. The van der Waals surface area contributed by atoms with Gasteiger partial charge in [0.15, 0.2) is 5.84 Å². The Hall–Kier alpha value is -7.76. The van der Waals surface area contributed by atoms with Gasteiger partial charge in [-0.15, -0.1) is 0 Å². The number of nitrogens with one attached hydrogen (secondary N) is 1. The fourth-order valence-corrected chi connectivity index (χ4v) is 8.98. The number of benzene rings is 9. The van der Waals surface area contributed by atoms with Crippen molar-refractivity contribution in [2.24, 2.45) is 9.98 Å². The lowest BCUT2D eigenvalue weighted by molar-refractivity contribution is 0.669. The van der Waals surface area contributed by atoms with E-state index in [0.29, 0.717) is 5.84 Å². The summed E-state index contributed by atoms with van der Waals surface area (Å²) in [4.78, 5) is 10.6. The smallest absolute Gasteiger partial charge is 0.159 e. The summed E-state index contributed by atoms with van der Waals surface area (Å²) in [6, 6.07) is 68.7. The molecule has 1 N–H and O–H groups in total. The number of fused-ring (bicyclic) bond motifs is 8. The van der Waals surface area contributed by atoms with Gasteiger partial charge in [0, 0.05) is 38.1 Å². The first-order chi connectivity index (χ1) is 28.7. The molecule has 0 aliphatic carbocycles. The Bertz CT molecular complexity index is 3500. The predicted octanol–water partition coefficient (Wildman–Crippen LogP) is 13.2. The molecule has 0 radical (unpaired) electrons. The standard InChI is InChI=1S/C53H34N4O/c1-2-15-34(16-3-1)51-54-52(37-29-28-33-14-4-5-17-35(33)30-37)56-53(55-51)38-31-36-18-6-7-19-39(36)46(32-38)57-44-24-10-8-20-42(44)49-40(22-12-25-45(49)57)41-23-13-27-48-50(41)43-21-9-11-26-47(43)58-48/h1-32,52H,(H,54,55,56). The molecule has 58 heavy (non-hydrogen) atoms. The van der Waals surface area contributed by atoms with Crippen molar-refractivity contribution in [2.45, 2.75) is 6.17 Å². The fourth-order valence-electron chi connectivity index (χ4n) is 8.98. The van der Waals surface area contributed by atoms with Crippen LogP contribution >= 0.6 is 0 Å². The van der Waals surface area contributed by atoms with Crippen molar-refractivity contribution in [3.63, 3.8) is 0 Å². The van der Waals surface area contributed by atoms with E-state index in [1.54, 1.807) is 0 Å². The zero-order valence-corrected chi connectivity index (χ0v) is 31.3. The van der Waals surface area contributed by atoms with Crippen molar-refractivity contribution in [1.29, 1.82) is 0 Å². The highest BCUT2D eigenvalue weighted by molar-refractivity contribution is 6.22. The Morgan fingerprint density at radius 3 is 2.02 bits per heavy atom. The molecule has 1 aliphatic heterocycles. The Morgan fingerprint density at radius 1 is 0.466 bits per heavy atom. The number of aliphatic imine (C=N–C) groups is 2. The summed E-state index contributed by atoms with van der Waals surface area (Å²) >= 11 is 0. The molecule has 1 unspecified atom stereocenters. The van der Waals surface area contributed by atoms with Gasteiger partial charge >= 0.3 is 0 Å². The van der Waals surface area contributed by atoms with Gasteiger partial charge in [-0.1, -0.05) is 152 Å². The molecule has 0 saturated carbocycles. The first-order valence-electron chi connectivity index (χ1n) is 19.7. The van der Waals surface area contributed by atoms with E-state index in [1.165, 1.54) is 27.1 Å². The van der Waals surface area contributed by atoms with Crippen molar-refractivity contribution in [1.82, 2.24) is 9.88 Å². The van der Waals surface area contributed by atoms with Gasteiger partial charge in [0.2, 0.25) is 0 Å². The van der Waals surface area contributed by atoms with Gasteiger partial charge in [0.05, 0.1) is 16.7 Å². The van der Waals surface area contributed by atoms with Crippen LogP contribution in [0.3, 0.4) is 0 Å². The van der Waals surface area contributed by atoms with E-state index in [1.807, 2.05) is 18.2 Å². The lowest BCUT2D eigenvalue weighted by Crippen LogP contribution is -2.33. The van der Waals surface area contributed by atoms with Crippen LogP contribution in [0.1, 0.15) is 22.9 Å². The summed E-state index contributed by atoms with van der Waals surface area (Å²) in [6.45, 7) is 0. The molecule has 0 spiro atoms. The molecule has 1 atom stereocenters. The largest absolute Gasteiger partial charge is 0.456 e. The van der Waals surface area contributed by atoms with Crippen LogP contribution in [0.15, 0.2) is 209 Å². The number of furan rings is 1. The Morgan fingerprint density at radius 2 is 1.14 bits per heavy atom. The number of rotatable bonds is 5. The maximum atomic E-state index is 6.37. The van der Waals surface area contributed by atoms with Gasteiger partial charge in [-0.3, -0.25) is 0 Å². The van der Waals surface area contributed by atoms with E-state index in [2.05, 4.69) is 186 Å². The molecule has 11 aromatic rings. The number of nitrogens with zero attached hydrogens (tertiary/aromatic N) is 3. The summed E-state index contributed by atoms with van der Waals surface area (Å²) in [5.41, 5.74) is 10.5. The first-order valence-corrected chi connectivity index (χ1v) is 19.7. The third-order valence-corrected chi connectivity index (χ3v) is 11.6. The number of para-hydroxylation sites is 2. The molecular weight excluding hydrogens is 709 g/mol. The average Bonchev–Trinajstić information content (AvgIpc) is 3.85. The molecular formula is C53H34N4O. The van der Waals surface area contributed by atoms with Gasteiger partial charge in [-0.2, -0.15) is 0 Å². The summed E-state index contributed by atoms with van der Waals surface area (Å²) < 4.78 is 8.79. The fraction of sp³-hybridized carbons (Fsp3) is 0.0189. The number of hydrogen-bond donors (Lipinski definition) is 1. The molecule has 3 heterocycles. The van der Waals surface area contributed by atoms with Crippen molar-refractivity contribution >= 4 is 77.0 Å². The van der Waals surface area contributed by atoms with Gasteiger partial charge in [-0.25, -0.2) is 9.98 Å². The van der Waals surface area contributed by atoms with E-state index in [0.717, 1.165) is 77.5 Å². The van der Waals surface area contributed by atoms with E-state index in [-0.39, 0.29) is 6.17 Å². The Labute approximate surface area is 333 Å². The molecule has 5 heteroatoms. The third kappa shape index (κ3) is 5.10. The molecule has 0 fully saturated rings. The molecule has 9 aromatic carbocycles. The monoisotopic (exact) mass is 742 g/mol. The lowest BCUT2D eigenvalue weighted by Gasteiger charge is -2.24. The molecule has 0 bridgehead atoms. The number of amidine groups is 2. The third-order valence-electron chi connectivity index (χ3n) is 11.6. The van der Waals surface area contributed by atoms with E-state index < -0.39 is 0 Å². The molecule has 0 saturated heterocycles. The van der Waals surface area contributed by atoms with Crippen LogP contribution in [0, 0.1) is 0 Å². The molecule has 2 aromatic heterocycles. The second kappa shape index (κ2) is 12.9. The Kier molecular flexibility index (Phi) is 7.23. The van der Waals surface area contributed by atoms with Gasteiger partial charge in [0.1, 0.15) is 23.2 Å². The minimum atomic E-state index is -0.334. The summed E-state index contributed by atoms with van der Waals surface area (Å²) in [5, 5.41) is 13.0. The van der Waals surface area contributed by atoms with Crippen LogP contribution in [0.2, 0.25) is 0 Å². The summed E-state index contributed by atoms with van der Waals surface area (Å²) in [7, 11) is 0. The number of aromatic nitrogens is 1. The van der Waals surface area contributed by atoms with Crippen molar-refractivity contribution in [2.75, 3.05) is 0 Å². The average molecular weight is 743 g/mol. The van der Waals surface area contributed by atoms with Gasteiger partial charge in [0.25, 0.3) is 0 Å². The van der Waals surface area contributed by atoms with E-state index in [4.69, 9.17) is 14.4 Å². The van der Waals surface area contributed by atoms with Crippen LogP contribution < -0.4 is 5.32 Å². The molecule has 1 aliphatic rings. The normalized spacial score (nSPS) is 14.4. The summed E-state index contributed by atoms with van der Waals surface area (Å²) in [5.74, 6) is 1.48. The summed E-state index contributed by atoms with van der Waals surface area (Å²) in [6.07, 6.45) is -0.334. The highest BCUT2D eigenvalue weighted by Crippen LogP contribution is 2.44. The maximum Gasteiger partial charge on any atom is 0.159 e. The van der Waals surface area contributed by atoms with Gasteiger partial charge in [-0.05, 0) is 75.3 Å². The molecule has 272 valence electrons. The lowest BCUT2D eigenvalue weighted by atomic mass is 9.95. The van der Waals surface area contributed by atoms with E-state index >= 15 is 0 Å². The van der Waals surface area contributed by atoms with Crippen molar-refractivity contribution in [3.05, 3.63) is 211 Å². The zero-order chi connectivity index (χ0) is 38.2. The van der Waals surface area contributed by atoms with Gasteiger partial charge < -0.3 is 14.3 Å². The topological polar surface area (TPSA) is 54.8 Å². The quantitative estimate of drug-likeness (QED) is 0.191. The minimum Gasteiger partial charge on any atom is -0.456 e. The van der Waals surface area contributed by atoms with Crippen LogP contribution in [0.25, 0.3) is 82.1 Å².